The number of nitrogens with zero attached hydrogens (tertiary/aromatic N) is 1. The fourth-order valence-corrected chi connectivity index (χ4v) is 2.57. The van der Waals surface area contributed by atoms with E-state index in [2.05, 4.69) is 10.3 Å². The number of aromatic nitrogens is 1. The molecule has 18 heavy (non-hydrogen) atoms. The Kier molecular flexibility index (Phi) is 4.95. The Morgan fingerprint density at radius 2 is 2.06 bits per heavy atom. The highest BCUT2D eigenvalue weighted by atomic mass is 32.2. The molecule has 5 nitrogen and oxygen atoms in total. The molecular formula is C12H20N2O3S. The fourth-order valence-electron chi connectivity index (χ4n) is 1.58. The minimum absolute atomic E-state index is 0.0416. The van der Waals surface area contributed by atoms with Gasteiger partial charge in [-0.3, -0.25) is 0 Å². The molecule has 1 rings (SSSR count). The molecule has 1 aromatic heterocycles. The van der Waals surface area contributed by atoms with E-state index in [0.29, 0.717) is 11.6 Å². The summed E-state index contributed by atoms with van der Waals surface area (Å²) in [6.45, 7) is 5.66. The predicted octanol–water partition coefficient (Wildman–Crippen LogP) is 1.71. The van der Waals surface area contributed by atoms with Crippen molar-refractivity contribution in [3.05, 3.63) is 18.3 Å². The summed E-state index contributed by atoms with van der Waals surface area (Å²) in [7, 11) is -3.01. The van der Waals surface area contributed by atoms with Crippen molar-refractivity contribution >= 4 is 15.7 Å². The lowest BCUT2D eigenvalue weighted by Gasteiger charge is -2.17. The molecule has 0 spiro atoms. The van der Waals surface area contributed by atoms with Crippen molar-refractivity contribution in [3.8, 4) is 5.75 Å². The van der Waals surface area contributed by atoms with Crippen LogP contribution in [0.5, 0.6) is 5.75 Å². The van der Waals surface area contributed by atoms with Crippen LogP contribution in [-0.2, 0) is 9.84 Å². The Hall–Kier alpha value is -1.30. The fraction of sp³-hybridized carbons (Fsp3) is 0.583. The first-order valence-electron chi connectivity index (χ1n) is 5.84. The molecule has 1 heterocycles. The average molecular weight is 272 g/mol. The molecule has 0 amide bonds. The van der Waals surface area contributed by atoms with Crippen LogP contribution in [0.1, 0.15) is 20.8 Å². The van der Waals surface area contributed by atoms with Gasteiger partial charge in [-0.15, -0.1) is 0 Å². The molecule has 1 atom stereocenters. The summed E-state index contributed by atoms with van der Waals surface area (Å²) in [5, 5.41) is 3.06. The van der Waals surface area contributed by atoms with Crippen LogP contribution in [-0.4, -0.2) is 37.6 Å². The lowest BCUT2D eigenvalue weighted by atomic mass is 10.3. The largest absolute Gasteiger partial charge is 0.487 e. The molecule has 0 aliphatic rings. The summed E-state index contributed by atoms with van der Waals surface area (Å²) < 4.78 is 28.0. The number of rotatable bonds is 6. The zero-order chi connectivity index (χ0) is 13.8. The standard InChI is InChI=1S/C12H20N2O3S/c1-9(2)17-11-6-5-7-13-12(11)14-10(3)8-18(4,15)16/h5-7,9-10H,8H2,1-4H3,(H,13,14). The van der Waals surface area contributed by atoms with E-state index < -0.39 is 9.84 Å². The first-order valence-corrected chi connectivity index (χ1v) is 7.90. The number of anilines is 1. The molecule has 0 bridgehead atoms. The zero-order valence-electron chi connectivity index (χ0n) is 11.2. The van der Waals surface area contributed by atoms with Crippen LogP contribution < -0.4 is 10.1 Å². The second kappa shape index (κ2) is 6.04. The van der Waals surface area contributed by atoms with Crippen molar-refractivity contribution in [1.29, 1.82) is 0 Å². The second-order valence-corrected chi connectivity index (χ2v) is 6.84. The number of hydrogen-bond acceptors (Lipinski definition) is 5. The lowest BCUT2D eigenvalue weighted by molar-refractivity contribution is 0.242. The average Bonchev–Trinajstić information content (AvgIpc) is 2.17. The van der Waals surface area contributed by atoms with E-state index in [-0.39, 0.29) is 17.9 Å². The summed E-state index contributed by atoms with van der Waals surface area (Å²) in [6.07, 6.45) is 2.90. The monoisotopic (exact) mass is 272 g/mol. The first-order chi connectivity index (χ1) is 8.28. The summed E-state index contributed by atoms with van der Waals surface area (Å²) in [6, 6.07) is 3.37. The Labute approximate surface area is 108 Å². The maximum absolute atomic E-state index is 11.2. The third-order valence-electron chi connectivity index (χ3n) is 2.07. The normalized spacial score (nSPS) is 13.4. The molecule has 102 valence electrons. The number of hydrogen-bond donors (Lipinski definition) is 1. The van der Waals surface area contributed by atoms with Gasteiger partial charge in [0, 0.05) is 18.5 Å². The molecule has 0 aliphatic heterocycles. The molecule has 0 aliphatic carbocycles. The van der Waals surface area contributed by atoms with Crippen molar-refractivity contribution in [2.45, 2.75) is 32.9 Å². The molecule has 1 N–H and O–H groups in total. The van der Waals surface area contributed by atoms with Crippen molar-refractivity contribution in [2.24, 2.45) is 0 Å². The number of nitrogens with one attached hydrogen (secondary N) is 1. The first kappa shape index (κ1) is 14.8. The predicted molar refractivity (Wildman–Crippen MR) is 72.8 cm³/mol. The molecule has 0 saturated heterocycles. The van der Waals surface area contributed by atoms with Crippen LogP contribution in [0.25, 0.3) is 0 Å². The van der Waals surface area contributed by atoms with Crippen LogP contribution in [0.4, 0.5) is 5.82 Å². The SMILES string of the molecule is CC(CS(C)(=O)=O)Nc1ncccc1OC(C)C. The highest BCUT2D eigenvalue weighted by Crippen LogP contribution is 2.22. The van der Waals surface area contributed by atoms with E-state index in [9.17, 15) is 8.42 Å². The van der Waals surface area contributed by atoms with Gasteiger partial charge in [-0.25, -0.2) is 13.4 Å². The lowest BCUT2D eigenvalue weighted by Crippen LogP contribution is -2.26. The van der Waals surface area contributed by atoms with Gasteiger partial charge in [0.2, 0.25) is 0 Å². The Bertz CT molecular complexity index is 486. The molecule has 1 aromatic rings. The Morgan fingerprint density at radius 1 is 1.39 bits per heavy atom. The maximum atomic E-state index is 11.2. The van der Waals surface area contributed by atoms with Crippen molar-refractivity contribution < 1.29 is 13.2 Å². The smallest absolute Gasteiger partial charge is 0.169 e. The van der Waals surface area contributed by atoms with E-state index in [1.165, 1.54) is 6.26 Å². The van der Waals surface area contributed by atoms with Gasteiger partial charge in [-0.05, 0) is 32.9 Å². The van der Waals surface area contributed by atoms with Crippen LogP contribution in [0.15, 0.2) is 18.3 Å². The molecule has 0 radical (unpaired) electrons. The quantitative estimate of drug-likeness (QED) is 0.854. The number of ether oxygens (including phenoxy) is 1. The summed E-state index contributed by atoms with van der Waals surface area (Å²) in [5.74, 6) is 1.26. The minimum atomic E-state index is -3.01. The molecular weight excluding hydrogens is 252 g/mol. The minimum Gasteiger partial charge on any atom is -0.487 e. The molecule has 1 unspecified atom stereocenters. The van der Waals surface area contributed by atoms with Gasteiger partial charge in [-0.2, -0.15) is 0 Å². The van der Waals surface area contributed by atoms with E-state index >= 15 is 0 Å². The number of sulfone groups is 1. The van der Waals surface area contributed by atoms with Gasteiger partial charge in [0.15, 0.2) is 11.6 Å². The Morgan fingerprint density at radius 3 is 2.61 bits per heavy atom. The molecule has 0 saturated carbocycles. The van der Waals surface area contributed by atoms with Crippen LogP contribution >= 0.6 is 0 Å². The highest BCUT2D eigenvalue weighted by Gasteiger charge is 2.13. The van der Waals surface area contributed by atoms with Gasteiger partial charge in [-0.1, -0.05) is 0 Å². The molecule has 0 fully saturated rings. The van der Waals surface area contributed by atoms with Crippen molar-refractivity contribution in [2.75, 3.05) is 17.3 Å². The summed E-state index contributed by atoms with van der Waals surface area (Å²) in [4.78, 5) is 4.17. The van der Waals surface area contributed by atoms with Crippen LogP contribution in [0.2, 0.25) is 0 Å². The van der Waals surface area contributed by atoms with E-state index in [0.717, 1.165) is 0 Å². The molecule has 6 heteroatoms. The number of pyridine rings is 1. The molecule has 0 aromatic carbocycles. The van der Waals surface area contributed by atoms with Gasteiger partial charge in [0.05, 0.1) is 11.9 Å². The van der Waals surface area contributed by atoms with E-state index in [1.807, 2.05) is 19.9 Å². The highest BCUT2D eigenvalue weighted by molar-refractivity contribution is 7.90. The summed E-state index contributed by atoms with van der Waals surface area (Å²) in [5.41, 5.74) is 0. The van der Waals surface area contributed by atoms with E-state index in [1.54, 1.807) is 19.2 Å². The van der Waals surface area contributed by atoms with Crippen molar-refractivity contribution in [1.82, 2.24) is 4.98 Å². The maximum Gasteiger partial charge on any atom is 0.169 e. The van der Waals surface area contributed by atoms with Crippen LogP contribution in [0, 0.1) is 0 Å². The zero-order valence-corrected chi connectivity index (χ0v) is 12.0. The Balaban J connectivity index is 2.77. The van der Waals surface area contributed by atoms with E-state index in [4.69, 9.17) is 4.74 Å². The van der Waals surface area contributed by atoms with Gasteiger partial charge in [0.1, 0.15) is 9.84 Å². The second-order valence-electron chi connectivity index (χ2n) is 4.65. The van der Waals surface area contributed by atoms with Gasteiger partial charge >= 0.3 is 0 Å². The van der Waals surface area contributed by atoms with Crippen LogP contribution in [0.3, 0.4) is 0 Å². The van der Waals surface area contributed by atoms with Crippen molar-refractivity contribution in [3.63, 3.8) is 0 Å². The third-order valence-corrected chi connectivity index (χ3v) is 3.17. The topological polar surface area (TPSA) is 68.3 Å². The third kappa shape index (κ3) is 5.35. The summed E-state index contributed by atoms with van der Waals surface area (Å²) >= 11 is 0. The van der Waals surface area contributed by atoms with Gasteiger partial charge in [0.25, 0.3) is 0 Å². The van der Waals surface area contributed by atoms with Gasteiger partial charge < -0.3 is 10.1 Å².